The molecule has 0 radical (unpaired) electrons. The fourth-order valence-corrected chi connectivity index (χ4v) is 1.74. The van der Waals surface area contributed by atoms with Crippen molar-refractivity contribution in [3.8, 4) is 0 Å². The molecule has 0 saturated heterocycles. The molecule has 0 spiro atoms. The highest BCUT2D eigenvalue weighted by Gasteiger charge is 2.15. The van der Waals surface area contributed by atoms with Gasteiger partial charge in [0.15, 0.2) is 5.78 Å². The standard InChI is InChI=1S/C12H22O3/c1-10(2)14-8-11(13)9-15-12-6-4-3-5-7-12/h10,12H,3-9H2,1-2H3. The van der Waals surface area contributed by atoms with Crippen LogP contribution in [0.2, 0.25) is 0 Å². The van der Waals surface area contributed by atoms with E-state index in [0.717, 1.165) is 12.8 Å². The molecule has 0 aromatic carbocycles. The minimum Gasteiger partial charge on any atom is -0.371 e. The summed E-state index contributed by atoms with van der Waals surface area (Å²) in [5, 5.41) is 0. The van der Waals surface area contributed by atoms with Crippen LogP contribution < -0.4 is 0 Å². The molecule has 0 aliphatic heterocycles. The summed E-state index contributed by atoms with van der Waals surface area (Å²) in [5.74, 6) is 0.0503. The lowest BCUT2D eigenvalue weighted by Gasteiger charge is -2.21. The Morgan fingerprint density at radius 2 is 1.87 bits per heavy atom. The monoisotopic (exact) mass is 214 g/mol. The van der Waals surface area contributed by atoms with E-state index in [9.17, 15) is 4.79 Å². The molecule has 0 bridgehead atoms. The van der Waals surface area contributed by atoms with Crippen LogP contribution in [0.1, 0.15) is 46.0 Å². The lowest BCUT2D eigenvalue weighted by molar-refractivity contribution is -0.132. The molecule has 0 N–H and O–H groups in total. The van der Waals surface area contributed by atoms with E-state index in [2.05, 4.69) is 0 Å². The summed E-state index contributed by atoms with van der Waals surface area (Å²) in [4.78, 5) is 11.3. The Morgan fingerprint density at radius 1 is 1.20 bits per heavy atom. The molecule has 3 heteroatoms. The largest absolute Gasteiger partial charge is 0.371 e. The molecular weight excluding hydrogens is 192 g/mol. The predicted octanol–water partition coefficient (Wildman–Crippen LogP) is 2.33. The number of carbonyl (C=O) groups excluding carboxylic acids is 1. The molecule has 0 atom stereocenters. The number of ether oxygens (including phenoxy) is 2. The second-order valence-corrected chi connectivity index (χ2v) is 4.47. The Hall–Kier alpha value is -0.410. The van der Waals surface area contributed by atoms with Crippen LogP contribution in [-0.4, -0.2) is 31.2 Å². The minimum absolute atomic E-state index is 0.0503. The van der Waals surface area contributed by atoms with Gasteiger partial charge in [-0.3, -0.25) is 4.79 Å². The molecule has 1 saturated carbocycles. The van der Waals surface area contributed by atoms with Crippen LogP contribution in [0.5, 0.6) is 0 Å². The third kappa shape index (κ3) is 5.90. The molecule has 0 aromatic heterocycles. The highest BCUT2D eigenvalue weighted by molar-refractivity contribution is 5.80. The first-order chi connectivity index (χ1) is 7.18. The highest BCUT2D eigenvalue weighted by atomic mass is 16.5. The van der Waals surface area contributed by atoms with Crippen molar-refractivity contribution in [3.05, 3.63) is 0 Å². The number of hydrogen-bond donors (Lipinski definition) is 0. The average molecular weight is 214 g/mol. The quantitative estimate of drug-likeness (QED) is 0.680. The van der Waals surface area contributed by atoms with Crippen molar-refractivity contribution in [2.24, 2.45) is 0 Å². The molecule has 0 unspecified atom stereocenters. The first kappa shape index (κ1) is 12.7. The van der Waals surface area contributed by atoms with Crippen LogP contribution in [0.15, 0.2) is 0 Å². The van der Waals surface area contributed by atoms with Crippen molar-refractivity contribution in [2.45, 2.75) is 58.2 Å². The van der Waals surface area contributed by atoms with Gasteiger partial charge < -0.3 is 9.47 Å². The average Bonchev–Trinajstić information content (AvgIpc) is 2.25. The zero-order valence-electron chi connectivity index (χ0n) is 9.83. The van der Waals surface area contributed by atoms with Crippen molar-refractivity contribution < 1.29 is 14.3 Å². The molecular formula is C12H22O3. The highest BCUT2D eigenvalue weighted by Crippen LogP contribution is 2.19. The molecule has 1 fully saturated rings. The summed E-state index contributed by atoms with van der Waals surface area (Å²) in [6.07, 6.45) is 6.43. The number of hydrogen-bond acceptors (Lipinski definition) is 3. The lowest BCUT2D eigenvalue weighted by Crippen LogP contribution is -2.24. The summed E-state index contributed by atoms with van der Waals surface area (Å²) in [6, 6.07) is 0. The summed E-state index contributed by atoms with van der Waals surface area (Å²) >= 11 is 0. The summed E-state index contributed by atoms with van der Waals surface area (Å²) in [7, 11) is 0. The van der Waals surface area contributed by atoms with Crippen molar-refractivity contribution in [2.75, 3.05) is 13.2 Å². The van der Waals surface area contributed by atoms with Gasteiger partial charge in [-0.15, -0.1) is 0 Å². The van der Waals surface area contributed by atoms with Crippen LogP contribution in [0.4, 0.5) is 0 Å². The minimum atomic E-state index is 0.0503. The Bertz CT molecular complexity index is 183. The third-order valence-corrected chi connectivity index (χ3v) is 2.61. The van der Waals surface area contributed by atoms with Gasteiger partial charge in [-0.05, 0) is 26.7 Å². The topological polar surface area (TPSA) is 35.5 Å². The molecule has 0 amide bonds. The van der Waals surface area contributed by atoms with Gasteiger partial charge >= 0.3 is 0 Å². The zero-order chi connectivity index (χ0) is 11.1. The molecule has 88 valence electrons. The second-order valence-electron chi connectivity index (χ2n) is 4.47. The van der Waals surface area contributed by atoms with Crippen molar-refractivity contribution in [1.29, 1.82) is 0 Å². The maximum Gasteiger partial charge on any atom is 0.184 e. The van der Waals surface area contributed by atoms with Gasteiger partial charge in [0, 0.05) is 0 Å². The Labute approximate surface area is 92.1 Å². The molecule has 1 aliphatic carbocycles. The predicted molar refractivity (Wildman–Crippen MR) is 58.9 cm³/mol. The van der Waals surface area contributed by atoms with E-state index in [1.807, 2.05) is 13.8 Å². The summed E-state index contributed by atoms with van der Waals surface area (Å²) < 4.78 is 10.8. The summed E-state index contributed by atoms with van der Waals surface area (Å²) in [6.45, 7) is 4.26. The van der Waals surface area contributed by atoms with Crippen molar-refractivity contribution in [3.63, 3.8) is 0 Å². The van der Waals surface area contributed by atoms with Crippen LogP contribution in [0.3, 0.4) is 0 Å². The molecule has 0 heterocycles. The van der Waals surface area contributed by atoms with Crippen molar-refractivity contribution in [1.82, 2.24) is 0 Å². The summed E-state index contributed by atoms with van der Waals surface area (Å²) in [5.41, 5.74) is 0. The van der Waals surface area contributed by atoms with Gasteiger partial charge in [0.2, 0.25) is 0 Å². The zero-order valence-corrected chi connectivity index (χ0v) is 9.83. The molecule has 1 aliphatic rings. The lowest BCUT2D eigenvalue weighted by atomic mass is 9.98. The molecule has 3 nitrogen and oxygen atoms in total. The van der Waals surface area contributed by atoms with E-state index < -0.39 is 0 Å². The molecule has 0 aromatic rings. The van der Waals surface area contributed by atoms with Crippen LogP contribution in [0.25, 0.3) is 0 Å². The Kier molecular flexibility index (Phi) is 5.88. The van der Waals surface area contributed by atoms with Gasteiger partial charge in [0.05, 0.1) is 12.2 Å². The van der Waals surface area contributed by atoms with Gasteiger partial charge in [0.25, 0.3) is 0 Å². The normalized spacial score (nSPS) is 18.3. The first-order valence-electron chi connectivity index (χ1n) is 5.93. The van der Waals surface area contributed by atoms with Crippen molar-refractivity contribution >= 4 is 5.78 Å². The molecule has 1 rings (SSSR count). The van der Waals surface area contributed by atoms with E-state index >= 15 is 0 Å². The van der Waals surface area contributed by atoms with E-state index in [0.29, 0.717) is 6.10 Å². The van der Waals surface area contributed by atoms with Gasteiger partial charge in [-0.25, -0.2) is 0 Å². The first-order valence-corrected chi connectivity index (χ1v) is 5.93. The Morgan fingerprint density at radius 3 is 2.47 bits per heavy atom. The Balaban J connectivity index is 2.05. The SMILES string of the molecule is CC(C)OCC(=O)COC1CCCCC1. The number of Topliss-reactive ketones (excluding diaryl/α,β-unsaturated/α-hetero) is 1. The van der Waals surface area contributed by atoms with E-state index in [1.165, 1.54) is 19.3 Å². The van der Waals surface area contributed by atoms with E-state index in [4.69, 9.17) is 9.47 Å². The third-order valence-electron chi connectivity index (χ3n) is 2.61. The smallest absolute Gasteiger partial charge is 0.184 e. The van der Waals surface area contributed by atoms with Crippen LogP contribution in [0, 0.1) is 0 Å². The maximum absolute atomic E-state index is 11.3. The van der Waals surface area contributed by atoms with Gasteiger partial charge in [0.1, 0.15) is 13.2 Å². The number of ketones is 1. The van der Waals surface area contributed by atoms with Crippen LogP contribution in [-0.2, 0) is 14.3 Å². The second kappa shape index (κ2) is 6.96. The molecule has 15 heavy (non-hydrogen) atoms. The van der Waals surface area contributed by atoms with E-state index in [1.54, 1.807) is 0 Å². The van der Waals surface area contributed by atoms with Gasteiger partial charge in [-0.2, -0.15) is 0 Å². The van der Waals surface area contributed by atoms with Crippen LogP contribution >= 0.6 is 0 Å². The fourth-order valence-electron chi connectivity index (χ4n) is 1.74. The van der Waals surface area contributed by atoms with Gasteiger partial charge in [-0.1, -0.05) is 19.3 Å². The maximum atomic E-state index is 11.3. The fraction of sp³-hybridized carbons (Fsp3) is 0.917. The number of rotatable bonds is 6. The van der Waals surface area contributed by atoms with E-state index in [-0.39, 0.29) is 25.1 Å². The number of carbonyl (C=O) groups is 1.